The number of hydrogen-bond donors (Lipinski definition) is 1. The predicted molar refractivity (Wildman–Crippen MR) is 114 cm³/mol. The quantitative estimate of drug-likeness (QED) is 0.725. The first-order chi connectivity index (χ1) is 13.5. The highest BCUT2D eigenvalue weighted by Crippen LogP contribution is 2.31. The van der Waals surface area contributed by atoms with Crippen molar-refractivity contribution >= 4 is 37.2 Å². The molecule has 0 saturated carbocycles. The lowest BCUT2D eigenvalue weighted by atomic mass is 10.1. The normalized spacial score (nSPS) is 16.4. The number of carbonyl (C=O) groups is 1. The molecule has 0 amide bonds. The average molecular weight is 437 g/mol. The molecule has 0 aliphatic carbocycles. The summed E-state index contributed by atoms with van der Waals surface area (Å²) in [7, 11) is -7.26. The topological polar surface area (TPSA) is 101 Å². The van der Waals surface area contributed by atoms with Crippen LogP contribution < -0.4 is 9.03 Å². The Morgan fingerprint density at radius 1 is 1.03 bits per heavy atom. The van der Waals surface area contributed by atoms with Crippen molar-refractivity contribution in [3.63, 3.8) is 0 Å². The molecule has 0 aromatic heterocycles. The lowest BCUT2D eigenvalue weighted by molar-refractivity contribution is 0.101. The monoisotopic (exact) mass is 436 g/mol. The Kier molecular flexibility index (Phi) is 5.73. The molecule has 9 heteroatoms. The molecule has 1 aliphatic heterocycles. The van der Waals surface area contributed by atoms with Gasteiger partial charge in [-0.05, 0) is 81.1 Å². The number of sulfonamides is 2. The second-order valence-electron chi connectivity index (χ2n) is 7.24. The standard InChI is InChI=1S/C20H24N2O5S2/c1-14-13-20(15(2)12-19(14)22-10-4-5-11-28(22,24)25)29(26,27)21-18-8-6-17(7-9-18)16(3)23/h6-9,12-13,21H,4-5,10-11H2,1-3H3. The summed E-state index contributed by atoms with van der Waals surface area (Å²) < 4.78 is 54.5. The molecule has 2 aromatic carbocycles. The van der Waals surface area contributed by atoms with E-state index in [1.54, 1.807) is 32.0 Å². The van der Waals surface area contributed by atoms with Gasteiger partial charge >= 0.3 is 0 Å². The number of hydrogen-bond acceptors (Lipinski definition) is 5. The van der Waals surface area contributed by atoms with Gasteiger partial charge in [-0.1, -0.05) is 0 Å². The van der Waals surface area contributed by atoms with E-state index in [9.17, 15) is 21.6 Å². The highest BCUT2D eigenvalue weighted by atomic mass is 32.2. The lowest BCUT2D eigenvalue weighted by Crippen LogP contribution is -2.38. The molecule has 0 atom stereocenters. The van der Waals surface area contributed by atoms with Crippen LogP contribution in [0, 0.1) is 13.8 Å². The van der Waals surface area contributed by atoms with Crippen LogP contribution in [0.4, 0.5) is 11.4 Å². The van der Waals surface area contributed by atoms with E-state index < -0.39 is 20.0 Å². The number of nitrogens with zero attached hydrogens (tertiary/aromatic N) is 1. The molecule has 1 fully saturated rings. The van der Waals surface area contributed by atoms with E-state index >= 15 is 0 Å². The fraction of sp³-hybridized carbons (Fsp3) is 0.350. The van der Waals surface area contributed by atoms with Crippen molar-refractivity contribution < 1.29 is 21.6 Å². The summed E-state index contributed by atoms with van der Waals surface area (Å²) in [5, 5.41) is 0. The van der Waals surface area contributed by atoms with Crippen molar-refractivity contribution in [1.82, 2.24) is 0 Å². The number of benzene rings is 2. The van der Waals surface area contributed by atoms with Crippen molar-refractivity contribution in [3.8, 4) is 0 Å². The van der Waals surface area contributed by atoms with Gasteiger partial charge in [0.15, 0.2) is 5.78 Å². The first kappa shape index (κ1) is 21.3. The fourth-order valence-corrected chi connectivity index (χ4v) is 6.44. The number of carbonyl (C=O) groups excluding carboxylic acids is 1. The zero-order chi connectivity index (χ0) is 21.4. The molecule has 1 saturated heterocycles. The Morgan fingerprint density at radius 3 is 2.28 bits per heavy atom. The molecule has 3 rings (SSSR count). The number of anilines is 2. The largest absolute Gasteiger partial charge is 0.295 e. The third kappa shape index (κ3) is 4.45. The summed E-state index contributed by atoms with van der Waals surface area (Å²) in [4.78, 5) is 11.5. The second-order valence-corrected chi connectivity index (χ2v) is 10.9. The van der Waals surface area contributed by atoms with Crippen LogP contribution in [0.3, 0.4) is 0 Å². The van der Waals surface area contributed by atoms with Gasteiger partial charge in [0.05, 0.1) is 16.3 Å². The summed E-state index contributed by atoms with van der Waals surface area (Å²) in [6, 6.07) is 9.30. The molecule has 0 radical (unpaired) electrons. The molecule has 0 unspecified atom stereocenters. The number of ketones is 1. The molecule has 156 valence electrons. The van der Waals surface area contributed by atoms with E-state index in [0.29, 0.717) is 41.0 Å². The van der Waals surface area contributed by atoms with Gasteiger partial charge in [0.1, 0.15) is 0 Å². The molecular formula is C20H24N2O5S2. The van der Waals surface area contributed by atoms with Gasteiger partial charge in [-0.3, -0.25) is 13.8 Å². The SMILES string of the molecule is CC(=O)c1ccc(NS(=O)(=O)c2cc(C)c(N3CCCCS3(=O)=O)cc2C)cc1. The zero-order valence-corrected chi connectivity index (χ0v) is 18.2. The molecule has 29 heavy (non-hydrogen) atoms. The van der Waals surface area contributed by atoms with Crippen molar-refractivity contribution in [1.29, 1.82) is 0 Å². The third-order valence-corrected chi connectivity index (χ3v) is 8.32. The minimum absolute atomic E-state index is 0.0869. The lowest BCUT2D eigenvalue weighted by Gasteiger charge is -2.30. The van der Waals surface area contributed by atoms with Gasteiger partial charge in [0, 0.05) is 17.8 Å². The number of nitrogens with one attached hydrogen (secondary N) is 1. The first-order valence-corrected chi connectivity index (χ1v) is 12.4. The Labute approximate surface area is 171 Å². The maximum atomic E-state index is 12.9. The molecule has 0 bridgehead atoms. The second kappa shape index (κ2) is 7.79. The molecule has 2 aromatic rings. The Hall–Kier alpha value is -2.39. The number of aryl methyl sites for hydroxylation is 2. The molecule has 1 aliphatic rings. The molecular weight excluding hydrogens is 412 g/mol. The van der Waals surface area contributed by atoms with Gasteiger partial charge in [-0.25, -0.2) is 16.8 Å². The van der Waals surface area contributed by atoms with E-state index in [4.69, 9.17) is 0 Å². The summed E-state index contributed by atoms with van der Waals surface area (Å²) in [5.41, 5.74) is 2.39. The summed E-state index contributed by atoms with van der Waals surface area (Å²) in [6.45, 7) is 5.19. The van der Waals surface area contributed by atoms with Gasteiger partial charge in [0.25, 0.3) is 10.0 Å². The molecule has 1 heterocycles. The maximum Gasteiger partial charge on any atom is 0.262 e. The van der Waals surface area contributed by atoms with E-state index in [1.165, 1.54) is 29.4 Å². The Balaban J connectivity index is 1.94. The smallest absolute Gasteiger partial charge is 0.262 e. The van der Waals surface area contributed by atoms with Gasteiger partial charge in [-0.15, -0.1) is 0 Å². The van der Waals surface area contributed by atoms with E-state index in [2.05, 4.69) is 4.72 Å². The highest BCUT2D eigenvalue weighted by Gasteiger charge is 2.28. The van der Waals surface area contributed by atoms with E-state index in [-0.39, 0.29) is 16.4 Å². The zero-order valence-electron chi connectivity index (χ0n) is 16.6. The number of rotatable bonds is 5. The minimum atomic E-state index is -3.88. The third-order valence-electron chi connectivity index (χ3n) is 4.94. The molecule has 0 spiro atoms. The van der Waals surface area contributed by atoms with E-state index in [0.717, 1.165) is 6.42 Å². The van der Waals surface area contributed by atoms with Gasteiger partial charge < -0.3 is 0 Å². The van der Waals surface area contributed by atoms with Crippen LogP contribution in [0.15, 0.2) is 41.3 Å². The average Bonchev–Trinajstić information content (AvgIpc) is 2.63. The summed E-state index contributed by atoms with van der Waals surface area (Å²) in [5.74, 6) is -0.00211. The number of Topliss-reactive ketones (excluding diaryl/α,β-unsaturated/α-hetero) is 1. The van der Waals surface area contributed by atoms with E-state index in [1.807, 2.05) is 0 Å². The highest BCUT2D eigenvalue weighted by molar-refractivity contribution is 7.93. The van der Waals surface area contributed by atoms with Crippen LogP contribution in [0.1, 0.15) is 41.3 Å². The predicted octanol–water partition coefficient (Wildman–Crippen LogP) is 3.24. The van der Waals surface area contributed by atoms with Gasteiger partial charge in [0.2, 0.25) is 10.0 Å². The Bertz CT molecular complexity index is 1150. The van der Waals surface area contributed by atoms with Crippen LogP contribution in [0.5, 0.6) is 0 Å². The molecule has 1 N–H and O–H groups in total. The van der Waals surface area contributed by atoms with Crippen LogP contribution in [0.2, 0.25) is 0 Å². The van der Waals surface area contributed by atoms with Crippen LogP contribution in [0.25, 0.3) is 0 Å². The summed E-state index contributed by atoms with van der Waals surface area (Å²) in [6.07, 6.45) is 1.41. The van der Waals surface area contributed by atoms with Crippen LogP contribution in [-0.4, -0.2) is 34.9 Å². The van der Waals surface area contributed by atoms with Crippen molar-refractivity contribution in [2.24, 2.45) is 0 Å². The van der Waals surface area contributed by atoms with Crippen molar-refractivity contribution in [2.45, 2.75) is 38.5 Å². The minimum Gasteiger partial charge on any atom is -0.295 e. The van der Waals surface area contributed by atoms with Crippen molar-refractivity contribution in [3.05, 3.63) is 53.1 Å². The van der Waals surface area contributed by atoms with Gasteiger partial charge in [-0.2, -0.15) is 0 Å². The maximum absolute atomic E-state index is 12.9. The van der Waals surface area contributed by atoms with Crippen LogP contribution >= 0.6 is 0 Å². The van der Waals surface area contributed by atoms with Crippen molar-refractivity contribution in [2.75, 3.05) is 21.3 Å². The van der Waals surface area contributed by atoms with Crippen LogP contribution in [-0.2, 0) is 20.0 Å². The Morgan fingerprint density at radius 2 is 1.69 bits per heavy atom. The fourth-order valence-electron chi connectivity index (χ4n) is 3.38. The summed E-state index contributed by atoms with van der Waals surface area (Å²) >= 11 is 0. The molecule has 7 nitrogen and oxygen atoms in total. The first-order valence-electron chi connectivity index (χ1n) is 9.27.